The number of hydrogen-bond donors (Lipinski definition) is 2. The third kappa shape index (κ3) is 6.65. The first-order chi connectivity index (χ1) is 14.1. The summed E-state index contributed by atoms with van der Waals surface area (Å²) in [7, 11) is 0. The highest BCUT2D eigenvalue weighted by atomic mass is 16.6. The van der Waals surface area contributed by atoms with Crippen molar-refractivity contribution in [3.63, 3.8) is 0 Å². The Balaban J connectivity index is 2.48. The monoisotopic (exact) mass is 416 g/mol. The molecule has 0 spiro atoms. The van der Waals surface area contributed by atoms with Gasteiger partial charge in [-0.05, 0) is 45.4 Å². The van der Waals surface area contributed by atoms with Gasteiger partial charge in [-0.2, -0.15) is 0 Å². The Morgan fingerprint density at radius 3 is 2.37 bits per heavy atom. The van der Waals surface area contributed by atoms with Crippen LogP contribution >= 0.6 is 0 Å². The van der Waals surface area contributed by atoms with Gasteiger partial charge in [0.05, 0.1) is 24.2 Å². The standard InChI is InChI=1S/C22H28N2O6/c1-6-7-10-29-19-13-17(23-14(2)25)16(24-20(26)18-9-8-11-28-18)12-15(19)21(27)30-22(3,4)5/h8-9,11-13H,6-7,10H2,1-5H3,(H,23,25)(H,24,26). The molecular weight excluding hydrogens is 388 g/mol. The predicted molar refractivity (Wildman–Crippen MR) is 113 cm³/mol. The van der Waals surface area contributed by atoms with Crippen molar-refractivity contribution in [2.24, 2.45) is 0 Å². The lowest BCUT2D eigenvalue weighted by Crippen LogP contribution is -2.25. The van der Waals surface area contributed by atoms with Crippen LogP contribution in [-0.4, -0.2) is 30.0 Å². The van der Waals surface area contributed by atoms with Gasteiger partial charge in [-0.15, -0.1) is 0 Å². The number of nitrogens with one attached hydrogen (secondary N) is 2. The highest BCUT2D eigenvalue weighted by Gasteiger charge is 2.24. The lowest BCUT2D eigenvalue weighted by molar-refractivity contribution is -0.114. The van der Waals surface area contributed by atoms with Crippen LogP contribution in [0.2, 0.25) is 0 Å². The first-order valence-electron chi connectivity index (χ1n) is 9.77. The van der Waals surface area contributed by atoms with Crippen molar-refractivity contribution < 1.29 is 28.3 Å². The summed E-state index contributed by atoms with van der Waals surface area (Å²) in [5, 5.41) is 5.31. The molecular formula is C22H28N2O6. The lowest BCUT2D eigenvalue weighted by Gasteiger charge is -2.22. The van der Waals surface area contributed by atoms with Gasteiger partial charge in [-0.3, -0.25) is 9.59 Å². The quantitative estimate of drug-likeness (QED) is 0.480. The average Bonchev–Trinajstić information content (AvgIpc) is 3.16. The molecule has 1 aromatic carbocycles. The fourth-order valence-electron chi connectivity index (χ4n) is 2.51. The second kappa shape index (κ2) is 9.96. The van der Waals surface area contributed by atoms with Crippen molar-refractivity contribution in [3.8, 4) is 5.75 Å². The number of ether oxygens (including phenoxy) is 2. The maximum atomic E-state index is 12.8. The summed E-state index contributed by atoms with van der Waals surface area (Å²) in [5.41, 5.74) is -0.0625. The number of carbonyl (C=O) groups excluding carboxylic acids is 3. The van der Waals surface area contributed by atoms with E-state index in [0.717, 1.165) is 12.8 Å². The Bertz CT molecular complexity index is 897. The fraction of sp³-hybridized carbons (Fsp3) is 0.409. The fourth-order valence-corrected chi connectivity index (χ4v) is 2.51. The van der Waals surface area contributed by atoms with E-state index in [1.807, 2.05) is 6.92 Å². The Morgan fingerprint density at radius 1 is 1.10 bits per heavy atom. The molecule has 0 aliphatic heterocycles. The maximum absolute atomic E-state index is 12.8. The number of rotatable bonds is 8. The first-order valence-corrected chi connectivity index (χ1v) is 9.77. The summed E-state index contributed by atoms with van der Waals surface area (Å²) >= 11 is 0. The molecule has 0 radical (unpaired) electrons. The normalized spacial score (nSPS) is 11.0. The SMILES string of the molecule is CCCCOc1cc(NC(C)=O)c(NC(=O)c2ccco2)cc1C(=O)OC(C)(C)C. The minimum Gasteiger partial charge on any atom is -0.493 e. The van der Waals surface area contributed by atoms with Crippen molar-refractivity contribution in [3.05, 3.63) is 41.9 Å². The van der Waals surface area contributed by atoms with Gasteiger partial charge in [-0.1, -0.05) is 13.3 Å². The number of amides is 2. The summed E-state index contributed by atoms with van der Waals surface area (Å²) in [6.07, 6.45) is 3.08. The number of anilines is 2. The molecule has 0 aliphatic rings. The molecule has 0 unspecified atom stereocenters. The minimum absolute atomic E-state index is 0.0888. The topological polar surface area (TPSA) is 107 Å². The largest absolute Gasteiger partial charge is 0.493 e. The van der Waals surface area contributed by atoms with E-state index in [0.29, 0.717) is 12.3 Å². The Kier molecular flexibility index (Phi) is 7.63. The van der Waals surface area contributed by atoms with Crippen molar-refractivity contribution in [1.82, 2.24) is 0 Å². The molecule has 0 bridgehead atoms. The first kappa shape index (κ1) is 23.0. The number of unbranched alkanes of at least 4 members (excludes halogenated alkanes) is 1. The van der Waals surface area contributed by atoms with Gasteiger partial charge >= 0.3 is 5.97 Å². The van der Waals surface area contributed by atoms with Gasteiger partial charge < -0.3 is 24.5 Å². The van der Waals surface area contributed by atoms with Crippen molar-refractivity contribution in [2.45, 2.75) is 53.1 Å². The summed E-state index contributed by atoms with van der Waals surface area (Å²) in [6, 6.07) is 6.03. The molecule has 0 saturated heterocycles. The third-order valence-corrected chi connectivity index (χ3v) is 3.80. The molecule has 0 fully saturated rings. The second-order valence-electron chi connectivity index (χ2n) is 7.71. The molecule has 2 amide bonds. The summed E-state index contributed by atoms with van der Waals surface area (Å²) in [4.78, 5) is 36.9. The van der Waals surface area contributed by atoms with E-state index in [9.17, 15) is 14.4 Å². The molecule has 8 heteroatoms. The number of benzene rings is 1. The molecule has 2 aromatic rings. The van der Waals surface area contributed by atoms with E-state index in [1.54, 1.807) is 26.8 Å². The molecule has 162 valence electrons. The van der Waals surface area contributed by atoms with Crippen molar-refractivity contribution in [2.75, 3.05) is 17.2 Å². The molecule has 2 N–H and O–H groups in total. The Morgan fingerprint density at radius 2 is 1.80 bits per heavy atom. The van der Waals surface area contributed by atoms with E-state index in [-0.39, 0.29) is 28.7 Å². The van der Waals surface area contributed by atoms with Crippen LogP contribution in [0.5, 0.6) is 5.75 Å². The van der Waals surface area contributed by atoms with Gasteiger partial charge in [0, 0.05) is 13.0 Å². The molecule has 0 atom stereocenters. The summed E-state index contributed by atoms with van der Waals surface area (Å²) in [6.45, 7) is 9.03. The van der Waals surface area contributed by atoms with Crippen LogP contribution in [0.25, 0.3) is 0 Å². The van der Waals surface area contributed by atoms with E-state index in [4.69, 9.17) is 13.9 Å². The predicted octanol–water partition coefficient (Wildman–Crippen LogP) is 4.62. The van der Waals surface area contributed by atoms with Crippen LogP contribution in [0.4, 0.5) is 11.4 Å². The Hall–Kier alpha value is -3.29. The van der Waals surface area contributed by atoms with Gasteiger partial charge in [0.1, 0.15) is 16.9 Å². The van der Waals surface area contributed by atoms with Crippen LogP contribution in [0.15, 0.2) is 34.9 Å². The number of esters is 1. The van der Waals surface area contributed by atoms with E-state index in [2.05, 4.69) is 10.6 Å². The van der Waals surface area contributed by atoms with Gasteiger partial charge in [0.2, 0.25) is 5.91 Å². The molecule has 0 aliphatic carbocycles. The molecule has 2 rings (SSSR count). The van der Waals surface area contributed by atoms with E-state index < -0.39 is 17.5 Å². The second-order valence-corrected chi connectivity index (χ2v) is 7.71. The lowest BCUT2D eigenvalue weighted by atomic mass is 10.1. The van der Waals surface area contributed by atoms with Crippen molar-refractivity contribution >= 4 is 29.2 Å². The number of furan rings is 1. The van der Waals surface area contributed by atoms with Gasteiger partial charge in [0.25, 0.3) is 5.91 Å². The summed E-state index contributed by atoms with van der Waals surface area (Å²) < 4.78 is 16.4. The number of hydrogen-bond acceptors (Lipinski definition) is 6. The van der Waals surface area contributed by atoms with Crippen LogP contribution < -0.4 is 15.4 Å². The highest BCUT2D eigenvalue weighted by Crippen LogP contribution is 2.33. The molecule has 1 heterocycles. The van der Waals surface area contributed by atoms with Crippen LogP contribution in [0.1, 0.15) is 68.4 Å². The zero-order chi connectivity index (χ0) is 22.3. The molecule has 8 nitrogen and oxygen atoms in total. The van der Waals surface area contributed by atoms with Gasteiger partial charge in [-0.25, -0.2) is 4.79 Å². The van der Waals surface area contributed by atoms with E-state index in [1.165, 1.54) is 31.4 Å². The summed E-state index contributed by atoms with van der Waals surface area (Å²) in [5.74, 6) is -1.12. The van der Waals surface area contributed by atoms with E-state index >= 15 is 0 Å². The van der Waals surface area contributed by atoms with Crippen LogP contribution in [0.3, 0.4) is 0 Å². The molecule has 0 saturated carbocycles. The third-order valence-electron chi connectivity index (χ3n) is 3.80. The Labute approximate surface area is 175 Å². The average molecular weight is 416 g/mol. The smallest absolute Gasteiger partial charge is 0.342 e. The highest BCUT2D eigenvalue weighted by molar-refractivity contribution is 6.07. The maximum Gasteiger partial charge on any atom is 0.342 e. The van der Waals surface area contributed by atoms with Crippen LogP contribution in [-0.2, 0) is 9.53 Å². The van der Waals surface area contributed by atoms with Gasteiger partial charge in [0.15, 0.2) is 5.76 Å². The molecule has 30 heavy (non-hydrogen) atoms. The molecule has 1 aromatic heterocycles. The minimum atomic E-state index is -0.717. The van der Waals surface area contributed by atoms with Crippen molar-refractivity contribution in [1.29, 1.82) is 0 Å². The van der Waals surface area contributed by atoms with Crippen LogP contribution in [0, 0.1) is 0 Å². The zero-order valence-corrected chi connectivity index (χ0v) is 18.0. The zero-order valence-electron chi connectivity index (χ0n) is 18.0. The number of carbonyl (C=O) groups is 3.